The number of guanidine groups is 1. The molecule has 0 saturated carbocycles. The van der Waals surface area contributed by atoms with Crippen LogP contribution in [0.25, 0.3) is 0 Å². The third-order valence-corrected chi connectivity index (χ3v) is 4.06. The molecule has 3 rings (SSSR count). The maximum Gasteiger partial charge on any atom is 0.193 e. The minimum absolute atomic E-state index is 0.353. The Balaban J connectivity index is 1.61. The summed E-state index contributed by atoms with van der Waals surface area (Å²) in [6.07, 6.45) is 0. The van der Waals surface area contributed by atoms with Gasteiger partial charge in [-0.15, -0.1) is 0 Å². The maximum absolute atomic E-state index is 13.4. The maximum atomic E-state index is 13.4. The topological polar surface area (TPSA) is 66.3 Å². The summed E-state index contributed by atoms with van der Waals surface area (Å²) in [6, 6.07) is 10.2. The molecule has 0 amide bonds. The minimum atomic E-state index is -0.635. The molecule has 0 atom stereocenters. The number of nitrogens with one attached hydrogen (secondary N) is 1. The lowest BCUT2D eigenvalue weighted by Gasteiger charge is -2.24. The molecule has 26 heavy (non-hydrogen) atoms. The van der Waals surface area contributed by atoms with Crippen molar-refractivity contribution in [3.63, 3.8) is 0 Å². The third kappa shape index (κ3) is 4.17. The lowest BCUT2D eigenvalue weighted by atomic mass is 10.2. The van der Waals surface area contributed by atoms with Crippen LogP contribution < -0.4 is 14.8 Å². The molecule has 0 unspecified atom stereocenters. The van der Waals surface area contributed by atoms with Gasteiger partial charge in [0.1, 0.15) is 13.2 Å². The Morgan fingerprint density at radius 1 is 1.15 bits per heavy atom. The van der Waals surface area contributed by atoms with Crippen molar-refractivity contribution in [3.05, 3.63) is 53.3 Å². The number of hydrogen-bond acceptors (Lipinski definition) is 4. The summed E-state index contributed by atoms with van der Waals surface area (Å²) in [7, 11) is 3.61. The number of nitrogens with zero attached hydrogens (tertiary/aromatic N) is 2. The summed E-state index contributed by atoms with van der Waals surface area (Å²) in [5.74, 6) is 1.20. The molecule has 1 aliphatic heterocycles. The molecule has 0 aliphatic carbocycles. The van der Waals surface area contributed by atoms with E-state index in [2.05, 4.69) is 10.3 Å². The van der Waals surface area contributed by atoms with Gasteiger partial charge in [0.05, 0.1) is 0 Å². The van der Waals surface area contributed by atoms with E-state index in [0.717, 1.165) is 17.1 Å². The monoisotopic (exact) mass is 359 g/mol. The van der Waals surface area contributed by atoms with E-state index in [0.29, 0.717) is 37.8 Å². The lowest BCUT2D eigenvalue weighted by molar-refractivity contribution is 0.171. The molecule has 2 N–H and O–H groups in total. The average molecular weight is 359 g/mol. The Morgan fingerprint density at radius 2 is 1.88 bits per heavy atom. The second kappa shape index (κ2) is 7.95. The molecule has 0 saturated heterocycles. The van der Waals surface area contributed by atoms with Gasteiger partial charge in [0.15, 0.2) is 29.0 Å². The SMILES string of the molecule is CN=C(NCc1ccc(O)c(F)c1)N(C)Cc1ccc2c(c1)OCCO2. The van der Waals surface area contributed by atoms with Gasteiger partial charge in [-0.3, -0.25) is 4.99 Å². The van der Waals surface area contributed by atoms with Crippen LogP contribution in [0.15, 0.2) is 41.4 Å². The van der Waals surface area contributed by atoms with Crippen molar-refractivity contribution < 1.29 is 19.0 Å². The first-order valence-corrected chi connectivity index (χ1v) is 8.34. The first-order chi connectivity index (χ1) is 12.6. The highest BCUT2D eigenvalue weighted by Crippen LogP contribution is 2.31. The van der Waals surface area contributed by atoms with Crippen molar-refractivity contribution in [3.8, 4) is 17.2 Å². The molecule has 1 heterocycles. The number of hydrogen-bond donors (Lipinski definition) is 2. The van der Waals surface area contributed by atoms with Gasteiger partial charge < -0.3 is 24.8 Å². The number of aromatic hydroxyl groups is 1. The quantitative estimate of drug-likeness (QED) is 0.649. The number of aliphatic imine (C=N–C) groups is 1. The van der Waals surface area contributed by atoms with Crippen LogP contribution in [-0.2, 0) is 13.1 Å². The van der Waals surface area contributed by atoms with Gasteiger partial charge in [0.2, 0.25) is 0 Å². The highest BCUT2D eigenvalue weighted by Gasteiger charge is 2.13. The third-order valence-electron chi connectivity index (χ3n) is 4.06. The number of phenolic OH excluding ortho intramolecular Hbond substituents is 1. The van der Waals surface area contributed by atoms with Crippen molar-refractivity contribution in [2.75, 3.05) is 27.3 Å². The smallest absolute Gasteiger partial charge is 0.193 e. The standard InChI is InChI=1S/C19H22FN3O3/c1-21-19(22-11-13-3-5-16(24)15(20)9-13)23(2)12-14-4-6-17-18(10-14)26-8-7-25-17/h3-6,9-10,24H,7-8,11-12H2,1-2H3,(H,21,22). The van der Waals surface area contributed by atoms with Crippen LogP contribution in [0.1, 0.15) is 11.1 Å². The van der Waals surface area contributed by atoms with Crippen LogP contribution in [0.3, 0.4) is 0 Å². The number of ether oxygens (including phenoxy) is 2. The predicted octanol–water partition coefficient (Wildman–Crippen LogP) is 2.51. The fourth-order valence-corrected chi connectivity index (χ4v) is 2.76. The Kier molecular flexibility index (Phi) is 5.46. The van der Waals surface area contributed by atoms with Crippen LogP contribution in [0.5, 0.6) is 17.2 Å². The molecule has 6 nitrogen and oxygen atoms in total. The van der Waals surface area contributed by atoms with Gasteiger partial charge in [-0.2, -0.15) is 0 Å². The predicted molar refractivity (Wildman–Crippen MR) is 97.2 cm³/mol. The summed E-state index contributed by atoms with van der Waals surface area (Å²) < 4.78 is 24.6. The summed E-state index contributed by atoms with van der Waals surface area (Å²) in [6.45, 7) is 2.15. The Bertz CT molecular complexity index is 811. The molecule has 1 aliphatic rings. The molecular weight excluding hydrogens is 337 g/mol. The number of fused-ring (bicyclic) bond motifs is 1. The van der Waals surface area contributed by atoms with Gasteiger partial charge in [-0.05, 0) is 35.4 Å². The highest BCUT2D eigenvalue weighted by molar-refractivity contribution is 5.79. The summed E-state index contributed by atoms with van der Waals surface area (Å²) >= 11 is 0. The summed E-state index contributed by atoms with van der Waals surface area (Å²) in [5.41, 5.74) is 1.78. The van der Waals surface area contributed by atoms with Gasteiger partial charge in [0.25, 0.3) is 0 Å². The van der Waals surface area contributed by atoms with Gasteiger partial charge in [-0.1, -0.05) is 12.1 Å². The minimum Gasteiger partial charge on any atom is -0.505 e. The molecule has 138 valence electrons. The van der Waals surface area contributed by atoms with Crippen LogP contribution >= 0.6 is 0 Å². The fourth-order valence-electron chi connectivity index (χ4n) is 2.76. The molecule has 0 radical (unpaired) electrons. The number of rotatable bonds is 4. The average Bonchev–Trinajstić information content (AvgIpc) is 2.65. The van der Waals surface area contributed by atoms with Crippen molar-refractivity contribution in [2.45, 2.75) is 13.1 Å². The Hall–Kier alpha value is -2.96. The molecule has 0 bridgehead atoms. The zero-order chi connectivity index (χ0) is 18.5. The van der Waals surface area contributed by atoms with Crippen molar-refractivity contribution in [1.29, 1.82) is 0 Å². The second-order valence-electron chi connectivity index (χ2n) is 6.02. The molecule has 7 heteroatoms. The first kappa shape index (κ1) is 17.8. The largest absolute Gasteiger partial charge is 0.505 e. The first-order valence-electron chi connectivity index (χ1n) is 8.34. The van der Waals surface area contributed by atoms with E-state index in [1.165, 1.54) is 12.1 Å². The van der Waals surface area contributed by atoms with Crippen molar-refractivity contribution in [1.82, 2.24) is 10.2 Å². The van der Waals surface area contributed by atoms with E-state index >= 15 is 0 Å². The Labute approximate surface area is 151 Å². The van der Waals surface area contributed by atoms with Crippen LogP contribution in [0.2, 0.25) is 0 Å². The molecular formula is C19H22FN3O3. The van der Waals surface area contributed by atoms with Gasteiger partial charge in [-0.25, -0.2) is 4.39 Å². The normalized spacial score (nSPS) is 13.4. The molecule has 0 aromatic heterocycles. The number of halogens is 1. The zero-order valence-corrected chi connectivity index (χ0v) is 14.8. The number of benzene rings is 2. The van der Waals surface area contributed by atoms with E-state index in [1.807, 2.05) is 30.1 Å². The van der Waals surface area contributed by atoms with Crippen molar-refractivity contribution in [2.24, 2.45) is 4.99 Å². The van der Waals surface area contributed by atoms with E-state index in [4.69, 9.17) is 9.47 Å². The molecule has 0 spiro atoms. The van der Waals surface area contributed by atoms with Crippen LogP contribution in [0, 0.1) is 5.82 Å². The van der Waals surface area contributed by atoms with E-state index in [-0.39, 0.29) is 5.75 Å². The van der Waals surface area contributed by atoms with E-state index in [9.17, 15) is 9.50 Å². The highest BCUT2D eigenvalue weighted by atomic mass is 19.1. The number of phenols is 1. The summed E-state index contributed by atoms with van der Waals surface area (Å²) in [4.78, 5) is 6.22. The van der Waals surface area contributed by atoms with Gasteiger partial charge >= 0.3 is 0 Å². The summed E-state index contributed by atoms with van der Waals surface area (Å²) in [5, 5.41) is 12.4. The van der Waals surface area contributed by atoms with E-state index in [1.54, 1.807) is 13.1 Å². The zero-order valence-electron chi connectivity index (χ0n) is 14.8. The molecule has 2 aromatic carbocycles. The second-order valence-corrected chi connectivity index (χ2v) is 6.02. The van der Waals surface area contributed by atoms with Crippen LogP contribution in [0.4, 0.5) is 4.39 Å². The van der Waals surface area contributed by atoms with Crippen LogP contribution in [-0.4, -0.2) is 43.3 Å². The molecule has 0 fully saturated rings. The lowest BCUT2D eigenvalue weighted by Crippen LogP contribution is -2.38. The van der Waals surface area contributed by atoms with E-state index < -0.39 is 5.82 Å². The van der Waals surface area contributed by atoms with Gasteiger partial charge in [0, 0.05) is 27.2 Å². The Morgan fingerprint density at radius 3 is 2.62 bits per heavy atom. The fraction of sp³-hybridized carbons (Fsp3) is 0.316. The van der Waals surface area contributed by atoms with Crippen molar-refractivity contribution >= 4 is 5.96 Å². The molecule has 2 aromatic rings.